The van der Waals surface area contributed by atoms with Gasteiger partial charge in [0.15, 0.2) is 0 Å². The van der Waals surface area contributed by atoms with Gasteiger partial charge < -0.3 is 0 Å². The van der Waals surface area contributed by atoms with Crippen molar-refractivity contribution in [1.29, 1.82) is 0 Å². The van der Waals surface area contributed by atoms with E-state index in [0.717, 1.165) is 21.5 Å². The van der Waals surface area contributed by atoms with Crippen molar-refractivity contribution in [3.8, 4) is 22.3 Å². The van der Waals surface area contributed by atoms with E-state index >= 15 is 0 Å². The molecule has 0 aliphatic carbocycles. The zero-order valence-electron chi connectivity index (χ0n) is 30.7. The molecule has 34 heavy (non-hydrogen) atoms. The number of rotatable bonds is 2. The van der Waals surface area contributed by atoms with Crippen molar-refractivity contribution in [1.82, 2.24) is 0 Å². The minimum absolute atomic E-state index is 0.102. The van der Waals surface area contributed by atoms with Crippen molar-refractivity contribution in [2.24, 2.45) is 0 Å². The lowest BCUT2D eigenvalue weighted by Crippen LogP contribution is -1.91. The average Bonchev–Trinajstić information content (AvgIpc) is 3.08. The zero-order valence-corrected chi connectivity index (χ0v) is 17.7. The van der Waals surface area contributed by atoms with E-state index < -0.39 is 84.1 Å². The highest BCUT2D eigenvalue weighted by Crippen LogP contribution is 2.44. The van der Waals surface area contributed by atoms with E-state index in [0.29, 0.717) is 5.56 Å². The van der Waals surface area contributed by atoms with Crippen molar-refractivity contribution < 1.29 is 17.8 Å². The number of hydrogen-bond donors (Lipinski definition) is 0. The van der Waals surface area contributed by atoms with Crippen LogP contribution in [0.25, 0.3) is 65.3 Å². The van der Waals surface area contributed by atoms with Crippen LogP contribution >= 0.6 is 0 Å². The number of hydrogen-bond acceptors (Lipinski definition) is 0. The summed E-state index contributed by atoms with van der Waals surface area (Å²) in [6.07, 6.45) is 0. The van der Waals surface area contributed by atoms with Crippen LogP contribution in [0.2, 0.25) is 0 Å². The predicted molar refractivity (Wildman–Crippen MR) is 147 cm³/mol. The Bertz CT molecular complexity index is 2450. The van der Waals surface area contributed by atoms with Crippen LogP contribution in [0.3, 0.4) is 0 Å². The van der Waals surface area contributed by atoms with E-state index in [9.17, 15) is 0 Å². The SMILES string of the molecule is [2H]c1c([2H])c([2H])c(-c2c3c([2H])c([2H])c([2H])c([2H])c3c(-c3ccc4ccc5ccccc5c4c3)c3c([2H])c([2H])c([2H])c([2H])c23)c([2H])c1[2H]. The van der Waals surface area contributed by atoms with Gasteiger partial charge >= 0.3 is 0 Å². The van der Waals surface area contributed by atoms with Gasteiger partial charge in [-0.3, -0.25) is 0 Å². The van der Waals surface area contributed by atoms with E-state index in [2.05, 4.69) is 0 Å². The fourth-order valence-electron chi connectivity index (χ4n) is 4.70. The molecular weight excluding hydrogens is 408 g/mol. The van der Waals surface area contributed by atoms with Gasteiger partial charge in [0.25, 0.3) is 0 Å². The Balaban J connectivity index is 1.84. The lowest BCUT2D eigenvalue weighted by molar-refractivity contribution is 1.66. The molecule has 0 spiro atoms. The largest absolute Gasteiger partial charge is 0.0629 e. The molecule has 0 amide bonds. The minimum Gasteiger partial charge on any atom is -0.0622 e. The van der Waals surface area contributed by atoms with Crippen LogP contribution in [0.5, 0.6) is 0 Å². The van der Waals surface area contributed by atoms with Crippen LogP contribution in [0, 0.1) is 0 Å². The summed E-state index contributed by atoms with van der Waals surface area (Å²) >= 11 is 0. The number of benzene rings is 7. The van der Waals surface area contributed by atoms with Gasteiger partial charge in [-0.1, -0.05) is 127 Å². The first kappa shape index (κ1) is 10.2. The lowest BCUT2D eigenvalue weighted by Gasteiger charge is -2.18. The molecule has 7 aromatic rings. The normalized spacial score (nSPS) is 16.9. The van der Waals surface area contributed by atoms with Crippen LogP contribution < -0.4 is 0 Å². The Kier molecular flexibility index (Phi) is 2.28. The van der Waals surface area contributed by atoms with E-state index in [4.69, 9.17) is 17.8 Å². The molecule has 0 fully saturated rings. The highest BCUT2D eigenvalue weighted by atomic mass is 14.2. The van der Waals surface area contributed by atoms with Crippen molar-refractivity contribution in [3.05, 3.63) is 133 Å². The standard InChI is InChI=1S/C34H22/c1-2-11-25(12-3-1)33-28-14-6-8-16-30(28)34(31-17-9-7-15-29(31)33)26-21-20-24-19-18-23-10-4-5-13-27(23)32(24)22-26/h1-22H/i1D,2D,3D,6D,7D,8D,9D,11D,12D,14D,15D,16D,17D. The molecule has 0 heterocycles. The summed E-state index contributed by atoms with van der Waals surface area (Å²) < 4.78 is 113. The molecule has 0 unspecified atom stereocenters. The van der Waals surface area contributed by atoms with Crippen LogP contribution in [0.15, 0.2) is 133 Å². The van der Waals surface area contributed by atoms with E-state index in [1.165, 1.54) is 0 Å². The van der Waals surface area contributed by atoms with Gasteiger partial charge in [-0.15, -0.1) is 0 Å². The molecule has 0 saturated carbocycles. The second-order valence-corrected chi connectivity index (χ2v) is 7.97. The molecule has 0 aromatic heterocycles. The van der Waals surface area contributed by atoms with Crippen molar-refractivity contribution in [2.45, 2.75) is 0 Å². The molecular formula is C34H22. The molecule has 0 radical (unpaired) electrons. The summed E-state index contributed by atoms with van der Waals surface area (Å²) in [4.78, 5) is 0. The molecule has 0 aliphatic heterocycles. The summed E-state index contributed by atoms with van der Waals surface area (Å²) in [7, 11) is 0. The van der Waals surface area contributed by atoms with Gasteiger partial charge in [-0.25, -0.2) is 0 Å². The maximum atomic E-state index is 9.11. The predicted octanol–water partition coefficient (Wildman–Crippen LogP) is 9.63. The molecule has 0 heteroatoms. The Morgan fingerprint density at radius 2 is 0.882 bits per heavy atom. The molecule has 0 atom stereocenters. The van der Waals surface area contributed by atoms with Crippen molar-refractivity contribution in [3.63, 3.8) is 0 Å². The Morgan fingerprint density at radius 3 is 1.53 bits per heavy atom. The average molecular weight is 444 g/mol. The van der Waals surface area contributed by atoms with Crippen LogP contribution in [-0.4, -0.2) is 0 Å². The van der Waals surface area contributed by atoms with Gasteiger partial charge in [-0.2, -0.15) is 0 Å². The summed E-state index contributed by atoms with van der Waals surface area (Å²) in [5, 5.41) is 2.89. The molecule has 7 aromatic carbocycles. The topological polar surface area (TPSA) is 0 Å². The van der Waals surface area contributed by atoms with Gasteiger partial charge in [0.2, 0.25) is 0 Å². The maximum absolute atomic E-state index is 9.11. The van der Waals surface area contributed by atoms with Crippen LogP contribution in [-0.2, 0) is 0 Å². The summed E-state index contributed by atoms with van der Waals surface area (Å²) in [5.41, 5.74) is -0.204. The van der Waals surface area contributed by atoms with E-state index in [-0.39, 0.29) is 32.7 Å². The van der Waals surface area contributed by atoms with Crippen LogP contribution in [0.1, 0.15) is 17.8 Å². The van der Waals surface area contributed by atoms with Crippen LogP contribution in [0.4, 0.5) is 0 Å². The Hall–Kier alpha value is -4.42. The third kappa shape index (κ3) is 2.86. The first-order valence-electron chi connectivity index (χ1n) is 17.2. The fourth-order valence-corrected chi connectivity index (χ4v) is 4.70. The van der Waals surface area contributed by atoms with Gasteiger partial charge in [0.1, 0.15) is 0 Å². The molecule has 0 aliphatic rings. The highest BCUT2D eigenvalue weighted by molar-refractivity contribution is 6.22. The minimum atomic E-state index is -0.700. The van der Waals surface area contributed by atoms with E-state index in [1.54, 1.807) is 6.07 Å². The first-order valence-corrected chi connectivity index (χ1v) is 10.7. The monoisotopic (exact) mass is 443 g/mol. The molecule has 158 valence electrons. The van der Waals surface area contributed by atoms with E-state index in [1.807, 2.05) is 48.5 Å². The quantitative estimate of drug-likeness (QED) is 0.184. The molecule has 7 rings (SSSR count). The highest BCUT2D eigenvalue weighted by Gasteiger charge is 2.16. The lowest BCUT2D eigenvalue weighted by atomic mass is 9.85. The fraction of sp³-hybridized carbons (Fsp3) is 0. The summed E-state index contributed by atoms with van der Waals surface area (Å²) in [6, 6.07) is 8.89. The molecule has 0 N–H and O–H groups in total. The molecule has 0 saturated heterocycles. The smallest absolute Gasteiger partial charge is 0.0622 e. The third-order valence-corrected chi connectivity index (χ3v) is 6.16. The Morgan fingerprint density at radius 1 is 0.382 bits per heavy atom. The van der Waals surface area contributed by atoms with Crippen molar-refractivity contribution in [2.75, 3.05) is 0 Å². The van der Waals surface area contributed by atoms with Crippen molar-refractivity contribution >= 4 is 43.1 Å². The van der Waals surface area contributed by atoms with Gasteiger partial charge in [0, 0.05) is 0 Å². The first-order chi connectivity index (χ1) is 22.3. The Labute approximate surface area is 217 Å². The van der Waals surface area contributed by atoms with Gasteiger partial charge in [0.05, 0.1) is 17.8 Å². The second kappa shape index (κ2) is 7.57. The van der Waals surface area contributed by atoms with Gasteiger partial charge in [-0.05, 0) is 71.4 Å². The molecule has 0 bridgehead atoms. The number of fused-ring (bicyclic) bond motifs is 5. The second-order valence-electron chi connectivity index (χ2n) is 7.97. The molecule has 0 nitrogen and oxygen atoms in total. The summed E-state index contributed by atoms with van der Waals surface area (Å²) in [6.45, 7) is 0. The summed E-state index contributed by atoms with van der Waals surface area (Å²) in [5.74, 6) is 0. The maximum Gasteiger partial charge on any atom is 0.0629 e. The third-order valence-electron chi connectivity index (χ3n) is 6.16. The zero-order chi connectivity index (χ0) is 33.8.